The van der Waals surface area contributed by atoms with E-state index in [4.69, 9.17) is 4.42 Å². The molecule has 0 aliphatic heterocycles. The normalized spacial score (nSPS) is 12.2. The van der Waals surface area contributed by atoms with Crippen LogP contribution in [0.2, 0.25) is 0 Å². The van der Waals surface area contributed by atoms with Gasteiger partial charge in [0.2, 0.25) is 0 Å². The molecule has 0 fully saturated rings. The fraction of sp³-hybridized carbons (Fsp3) is 0.250. The summed E-state index contributed by atoms with van der Waals surface area (Å²) in [5.41, 5.74) is 2.16. The second kappa shape index (κ2) is 7.83. The van der Waals surface area contributed by atoms with E-state index in [0.29, 0.717) is 11.3 Å². The number of furan rings is 1. The van der Waals surface area contributed by atoms with Gasteiger partial charge < -0.3 is 15.1 Å². The SMILES string of the molecule is CCSc1ccc(NC(=O)N[C@H](C)c2oc3ccc(F)cc3c2C)cc1. The quantitative estimate of drug-likeness (QED) is 0.550. The van der Waals surface area contributed by atoms with Crippen molar-refractivity contribution >= 4 is 34.4 Å². The number of hydrogen-bond donors (Lipinski definition) is 2. The number of nitrogens with one attached hydrogen (secondary N) is 2. The minimum atomic E-state index is -0.347. The molecule has 1 aromatic heterocycles. The maximum absolute atomic E-state index is 13.4. The van der Waals surface area contributed by atoms with E-state index >= 15 is 0 Å². The van der Waals surface area contributed by atoms with Gasteiger partial charge in [-0.2, -0.15) is 0 Å². The van der Waals surface area contributed by atoms with Gasteiger partial charge in [0, 0.05) is 21.5 Å². The van der Waals surface area contributed by atoms with Crippen molar-refractivity contribution < 1.29 is 13.6 Å². The van der Waals surface area contributed by atoms with Gasteiger partial charge in [0.05, 0.1) is 6.04 Å². The third-order valence-electron chi connectivity index (χ3n) is 4.10. The predicted molar refractivity (Wildman–Crippen MR) is 104 cm³/mol. The molecule has 2 aromatic carbocycles. The zero-order valence-electron chi connectivity index (χ0n) is 14.9. The highest BCUT2D eigenvalue weighted by molar-refractivity contribution is 7.99. The van der Waals surface area contributed by atoms with Crippen molar-refractivity contribution in [2.75, 3.05) is 11.1 Å². The average Bonchev–Trinajstić information content (AvgIpc) is 2.93. The lowest BCUT2D eigenvalue weighted by Gasteiger charge is -2.14. The Hall–Kier alpha value is -2.47. The second-order valence-electron chi connectivity index (χ2n) is 6.01. The van der Waals surface area contributed by atoms with Crippen LogP contribution < -0.4 is 10.6 Å². The summed E-state index contributed by atoms with van der Waals surface area (Å²) in [6.07, 6.45) is 0. The Labute approximate surface area is 156 Å². The van der Waals surface area contributed by atoms with Crippen molar-refractivity contribution in [1.82, 2.24) is 5.32 Å². The number of anilines is 1. The lowest BCUT2D eigenvalue weighted by atomic mass is 10.1. The third-order valence-corrected chi connectivity index (χ3v) is 4.99. The van der Waals surface area contributed by atoms with Gasteiger partial charge in [-0.15, -0.1) is 11.8 Å². The highest BCUT2D eigenvalue weighted by atomic mass is 32.2. The van der Waals surface area contributed by atoms with Crippen LogP contribution in [0.1, 0.15) is 31.2 Å². The van der Waals surface area contributed by atoms with Gasteiger partial charge >= 0.3 is 6.03 Å². The Kier molecular flexibility index (Phi) is 5.52. The van der Waals surface area contributed by atoms with Crippen molar-refractivity contribution in [1.29, 1.82) is 0 Å². The Morgan fingerprint density at radius 3 is 2.65 bits per heavy atom. The molecule has 1 heterocycles. The Morgan fingerprint density at radius 1 is 1.23 bits per heavy atom. The summed E-state index contributed by atoms with van der Waals surface area (Å²) in [4.78, 5) is 13.4. The summed E-state index contributed by atoms with van der Waals surface area (Å²) >= 11 is 1.75. The number of carbonyl (C=O) groups is 1. The minimum Gasteiger partial charge on any atom is -0.459 e. The fourth-order valence-electron chi connectivity index (χ4n) is 2.86. The molecule has 0 aliphatic rings. The molecule has 26 heavy (non-hydrogen) atoms. The number of amides is 2. The van der Waals surface area contributed by atoms with E-state index in [9.17, 15) is 9.18 Å². The molecule has 4 nitrogen and oxygen atoms in total. The lowest BCUT2D eigenvalue weighted by Crippen LogP contribution is -2.31. The van der Waals surface area contributed by atoms with Crippen molar-refractivity contribution in [2.24, 2.45) is 0 Å². The van der Waals surface area contributed by atoms with E-state index in [1.807, 2.05) is 38.1 Å². The number of carbonyl (C=O) groups excluding carboxylic acids is 1. The number of fused-ring (bicyclic) bond motifs is 1. The summed E-state index contributed by atoms with van der Waals surface area (Å²) in [7, 11) is 0. The molecular formula is C20H21FN2O2S. The second-order valence-corrected chi connectivity index (χ2v) is 7.35. The van der Waals surface area contributed by atoms with Gasteiger partial charge in [-0.25, -0.2) is 9.18 Å². The van der Waals surface area contributed by atoms with E-state index in [-0.39, 0.29) is 17.9 Å². The Morgan fingerprint density at radius 2 is 1.96 bits per heavy atom. The number of benzene rings is 2. The maximum Gasteiger partial charge on any atom is 0.319 e. The van der Waals surface area contributed by atoms with Crippen LogP contribution in [0.25, 0.3) is 11.0 Å². The van der Waals surface area contributed by atoms with Crippen molar-refractivity contribution in [3.63, 3.8) is 0 Å². The standard InChI is InChI=1S/C20H21FN2O2S/c1-4-26-16-8-6-15(7-9-16)23-20(24)22-13(3)19-12(2)17-11-14(21)5-10-18(17)25-19/h5-11,13H,4H2,1-3H3,(H2,22,23,24)/t13-/m1/s1. The molecule has 0 aliphatic carbocycles. The first-order chi connectivity index (χ1) is 12.5. The summed E-state index contributed by atoms with van der Waals surface area (Å²) in [6, 6.07) is 11.4. The van der Waals surface area contributed by atoms with E-state index in [1.54, 1.807) is 17.8 Å². The van der Waals surface area contributed by atoms with Crippen LogP contribution in [-0.4, -0.2) is 11.8 Å². The highest BCUT2D eigenvalue weighted by Crippen LogP contribution is 2.30. The van der Waals surface area contributed by atoms with Crippen molar-refractivity contribution in [3.05, 3.63) is 59.6 Å². The van der Waals surface area contributed by atoms with Gasteiger partial charge in [0.25, 0.3) is 0 Å². The van der Waals surface area contributed by atoms with E-state index in [0.717, 1.165) is 27.3 Å². The zero-order chi connectivity index (χ0) is 18.7. The molecule has 2 N–H and O–H groups in total. The van der Waals surface area contributed by atoms with Crippen LogP contribution in [0, 0.1) is 12.7 Å². The van der Waals surface area contributed by atoms with Gasteiger partial charge in [-0.1, -0.05) is 6.92 Å². The van der Waals surface area contributed by atoms with Crippen LogP contribution in [0.15, 0.2) is 51.8 Å². The largest absolute Gasteiger partial charge is 0.459 e. The molecule has 3 aromatic rings. The molecule has 136 valence electrons. The Balaban J connectivity index is 1.68. The molecule has 3 rings (SSSR count). The first-order valence-electron chi connectivity index (χ1n) is 8.47. The molecule has 2 amide bonds. The van der Waals surface area contributed by atoms with Crippen LogP contribution in [0.5, 0.6) is 0 Å². The number of halogens is 1. The molecule has 0 radical (unpaired) electrons. The van der Waals surface area contributed by atoms with Crippen molar-refractivity contribution in [3.8, 4) is 0 Å². The summed E-state index contributed by atoms with van der Waals surface area (Å²) in [6.45, 7) is 5.79. The van der Waals surface area contributed by atoms with Crippen LogP contribution >= 0.6 is 11.8 Å². The van der Waals surface area contributed by atoms with Crippen LogP contribution in [-0.2, 0) is 0 Å². The molecule has 6 heteroatoms. The lowest BCUT2D eigenvalue weighted by molar-refractivity contribution is 0.248. The van der Waals surface area contributed by atoms with Gasteiger partial charge in [-0.3, -0.25) is 0 Å². The Bertz CT molecular complexity index is 921. The summed E-state index contributed by atoms with van der Waals surface area (Å²) < 4.78 is 19.2. The molecule has 0 saturated heterocycles. The van der Waals surface area contributed by atoms with Crippen LogP contribution in [0.4, 0.5) is 14.9 Å². The van der Waals surface area contributed by atoms with Gasteiger partial charge in [-0.05, 0) is 62.1 Å². The first kappa shape index (κ1) is 18.3. The topological polar surface area (TPSA) is 54.3 Å². The number of urea groups is 1. The zero-order valence-corrected chi connectivity index (χ0v) is 15.7. The van der Waals surface area contributed by atoms with Gasteiger partial charge in [0.15, 0.2) is 0 Å². The number of rotatable bonds is 5. The monoisotopic (exact) mass is 372 g/mol. The smallest absolute Gasteiger partial charge is 0.319 e. The summed E-state index contributed by atoms with van der Waals surface area (Å²) in [5.74, 6) is 1.32. The minimum absolute atomic E-state index is 0.309. The summed E-state index contributed by atoms with van der Waals surface area (Å²) in [5, 5.41) is 6.39. The molecule has 1 atom stereocenters. The third kappa shape index (κ3) is 4.02. The molecule has 0 bridgehead atoms. The fourth-order valence-corrected chi connectivity index (χ4v) is 3.52. The molecule has 0 unspecified atom stereocenters. The highest BCUT2D eigenvalue weighted by Gasteiger charge is 2.18. The maximum atomic E-state index is 13.4. The average molecular weight is 372 g/mol. The van der Waals surface area contributed by atoms with Crippen LogP contribution in [0.3, 0.4) is 0 Å². The van der Waals surface area contributed by atoms with E-state index in [2.05, 4.69) is 17.6 Å². The number of aryl methyl sites for hydroxylation is 1. The number of thioether (sulfide) groups is 1. The predicted octanol–water partition coefficient (Wildman–Crippen LogP) is 5.88. The molecule has 0 spiro atoms. The van der Waals surface area contributed by atoms with Crippen molar-refractivity contribution in [2.45, 2.75) is 31.7 Å². The van der Waals surface area contributed by atoms with Gasteiger partial charge in [0.1, 0.15) is 17.2 Å². The van der Waals surface area contributed by atoms with E-state index < -0.39 is 0 Å². The molecule has 0 saturated carbocycles. The molecular weight excluding hydrogens is 351 g/mol. The number of hydrogen-bond acceptors (Lipinski definition) is 3. The van der Waals surface area contributed by atoms with E-state index in [1.165, 1.54) is 12.1 Å². The first-order valence-corrected chi connectivity index (χ1v) is 9.45.